The molecule has 0 unspecified atom stereocenters. The lowest BCUT2D eigenvalue weighted by molar-refractivity contribution is 0.0172. The number of nitrogens with zero attached hydrogens (tertiary/aromatic N) is 1. The Morgan fingerprint density at radius 2 is 2.14 bits per heavy atom. The predicted octanol–water partition coefficient (Wildman–Crippen LogP) is 3.33. The highest BCUT2D eigenvalue weighted by atomic mass is 16.6. The van der Waals surface area contributed by atoms with E-state index in [0.717, 1.165) is 43.9 Å². The number of piperidine rings is 1. The number of ether oxygens (including phenoxy) is 1. The average molecular weight is 305 g/mol. The molecule has 1 saturated heterocycles. The fraction of sp³-hybridized carbons (Fsp3) is 0.588. The Hall–Kier alpha value is -1.91. The Bertz CT molecular complexity index is 511. The number of nitrogens with two attached hydrogens (primary N) is 1. The number of nitrogen functional groups attached to an aromatic ring is 1. The van der Waals surface area contributed by atoms with Crippen LogP contribution in [-0.2, 0) is 4.74 Å². The van der Waals surface area contributed by atoms with Gasteiger partial charge in [-0.2, -0.15) is 0 Å². The summed E-state index contributed by atoms with van der Waals surface area (Å²) in [4.78, 5) is 14.0. The van der Waals surface area contributed by atoms with Gasteiger partial charge in [-0.05, 0) is 51.7 Å². The number of hydrogen-bond acceptors (Lipinski definition) is 4. The molecule has 0 spiro atoms. The molecular formula is C17H27N3O2. The number of carbonyl (C=O) groups excluding carboxylic acids is 1. The van der Waals surface area contributed by atoms with Crippen molar-refractivity contribution in [3.8, 4) is 0 Å². The van der Waals surface area contributed by atoms with Gasteiger partial charge in [-0.3, -0.25) is 0 Å². The summed E-state index contributed by atoms with van der Waals surface area (Å²) in [7, 11) is 0. The summed E-state index contributed by atoms with van der Waals surface area (Å²) in [6.45, 7) is 8.01. The van der Waals surface area contributed by atoms with E-state index < -0.39 is 5.60 Å². The fourth-order valence-corrected chi connectivity index (χ4v) is 2.64. The molecular weight excluding hydrogens is 278 g/mol. The normalized spacial score (nSPS) is 18.9. The lowest BCUT2D eigenvalue weighted by atomic mass is 9.98. The molecule has 2 rings (SSSR count). The van der Waals surface area contributed by atoms with Crippen LogP contribution in [0.3, 0.4) is 0 Å². The van der Waals surface area contributed by atoms with Gasteiger partial charge >= 0.3 is 6.09 Å². The van der Waals surface area contributed by atoms with Crippen LogP contribution in [0.1, 0.15) is 33.6 Å². The first kappa shape index (κ1) is 16.5. The van der Waals surface area contributed by atoms with Gasteiger partial charge in [0.25, 0.3) is 0 Å². The molecule has 0 aliphatic carbocycles. The summed E-state index contributed by atoms with van der Waals surface area (Å²) in [6, 6.07) is 7.75. The van der Waals surface area contributed by atoms with E-state index in [9.17, 15) is 4.79 Å². The Kier molecular flexibility index (Phi) is 5.16. The van der Waals surface area contributed by atoms with Crippen LogP contribution in [0.15, 0.2) is 24.3 Å². The molecule has 22 heavy (non-hydrogen) atoms. The van der Waals surface area contributed by atoms with Gasteiger partial charge in [0.05, 0.1) is 11.4 Å². The van der Waals surface area contributed by atoms with Gasteiger partial charge < -0.3 is 20.7 Å². The van der Waals surface area contributed by atoms with E-state index in [1.165, 1.54) is 0 Å². The number of benzene rings is 1. The van der Waals surface area contributed by atoms with Crippen LogP contribution in [0.5, 0.6) is 0 Å². The summed E-state index contributed by atoms with van der Waals surface area (Å²) in [5.74, 6) is 0.417. The molecule has 0 saturated carbocycles. The molecule has 1 fully saturated rings. The average Bonchev–Trinajstić information content (AvgIpc) is 2.45. The fourth-order valence-electron chi connectivity index (χ4n) is 2.64. The maximum Gasteiger partial charge on any atom is 0.410 e. The molecule has 0 aromatic heterocycles. The number of para-hydroxylation sites is 2. The highest BCUT2D eigenvalue weighted by Crippen LogP contribution is 2.22. The molecule has 1 aliphatic heterocycles. The number of carbonyl (C=O) groups is 1. The van der Waals surface area contributed by atoms with E-state index in [-0.39, 0.29) is 6.09 Å². The van der Waals surface area contributed by atoms with E-state index in [1.54, 1.807) is 0 Å². The number of nitrogens with one attached hydrogen (secondary N) is 1. The zero-order chi connectivity index (χ0) is 16.2. The predicted molar refractivity (Wildman–Crippen MR) is 89.9 cm³/mol. The van der Waals surface area contributed by atoms with Gasteiger partial charge in [-0.15, -0.1) is 0 Å². The molecule has 1 amide bonds. The highest BCUT2D eigenvalue weighted by molar-refractivity contribution is 5.68. The van der Waals surface area contributed by atoms with E-state index in [0.29, 0.717) is 5.92 Å². The third-order valence-electron chi connectivity index (χ3n) is 3.71. The van der Waals surface area contributed by atoms with E-state index in [2.05, 4.69) is 5.32 Å². The molecule has 122 valence electrons. The van der Waals surface area contributed by atoms with Crippen molar-refractivity contribution in [3.05, 3.63) is 24.3 Å². The van der Waals surface area contributed by atoms with Crippen LogP contribution in [0.2, 0.25) is 0 Å². The molecule has 1 aromatic carbocycles. The number of hydrogen-bond donors (Lipinski definition) is 2. The van der Waals surface area contributed by atoms with Crippen molar-refractivity contribution in [1.82, 2.24) is 4.90 Å². The maximum atomic E-state index is 12.2. The summed E-state index contributed by atoms with van der Waals surface area (Å²) in [5, 5.41) is 3.39. The first-order valence-corrected chi connectivity index (χ1v) is 7.91. The second-order valence-corrected chi connectivity index (χ2v) is 6.90. The van der Waals surface area contributed by atoms with Crippen LogP contribution in [0.25, 0.3) is 0 Å². The van der Waals surface area contributed by atoms with Crippen molar-refractivity contribution in [1.29, 1.82) is 0 Å². The largest absolute Gasteiger partial charge is 0.444 e. The molecule has 5 nitrogen and oxygen atoms in total. The first-order valence-electron chi connectivity index (χ1n) is 7.91. The number of amides is 1. The van der Waals surface area contributed by atoms with Gasteiger partial charge in [-0.25, -0.2) is 4.79 Å². The molecule has 1 heterocycles. The zero-order valence-corrected chi connectivity index (χ0v) is 13.8. The summed E-state index contributed by atoms with van der Waals surface area (Å²) in [5.41, 5.74) is 7.20. The van der Waals surface area contributed by atoms with Crippen LogP contribution in [0.4, 0.5) is 16.2 Å². The minimum atomic E-state index is -0.444. The zero-order valence-electron chi connectivity index (χ0n) is 13.8. The van der Waals surface area contributed by atoms with Crippen molar-refractivity contribution in [2.45, 2.75) is 39.2 Å². The van der Waals surface area contributed by atoms with Gasteiger partial charge in [0.1, 0.15) is 5.60 Å². The lowest BCUT2D eigenvalue weighted by Gasteiger charge is -2.34. The number of likely N-dealkylation sites (tertiary alicyclic amines) is 1. The summed E-state index contributed by atoms with van der Waals surface area (Å²) < 4.78 is 5.45. The van der Waals surface area contributed by atoms with Crippen LogP contribution >= 0.6 is 0 Å². The molecule has 1 atom stereocenters. The molecule has 0 bridgehead atoms. The standard InChI is InChI=1S/C17H27N3O2/c1-17(2,3)22-16(21)20-10-6-7-13(12-20)11-19-15-9-5-4-8-14(15)18/h4-5,8-9,13,19H,6-7,10-12,18H2,1-3H3/t13-/m1/s1. The Morgan fingerprint density at radius 1 is 1.41 bits per heavy atom. The second-order valence-electron chi connectivity index (χ2n) is 6.90. The third kappa shape index (κ3) is 4.83. The van der Waals surface area contributed by atoms with Crippen LogP contribution in [0, 0.1) is 5.92 Å². The quantitative estimate of drug-likeness (QED) is 0.841. The molecule has 0 radical (unpaired) electrons. The lowest BCUT2D eigenvalue weighted by Crippen LogP contribution is -2.44. The second kappa shape index (κ2) is 6.90. The van der Waals surface area contributed by atoms with Crippen molar-refractivity contribution >= 4 is 17.5 Å². The molecule has 5 heteroatoms. The smallest absolute Gasteiger partial charge is 0.410 e. The minimum Gasteiger partial charge on any atom is -0.444 e. The van der Waals surface area contributed by atoms with Crippen molar-refractivity contribution in [2.24, 2.45) is 5.92 Å². The Morgan fingerprint density at radius 3 is 2.82 bits per heavy atom. The third-order valence-corrected chi connectivity index (χ3v) is 3.71. The molecule has 3 N–H and O–H groups in total. The highest BCUT2D eigenvalue weighted by Gasteiger charge is 2.27. The van der Waals surface area contributed by atoms with Crippen molar-refractivity contribution in [3.63, 3.8) is 0 Å². The molecule has 1 aliphatic rings. The monoisotopic (exact) mass is 305 g/mol. The van der Waals surface area contributed by atoms with Gasteiger partial charge in [-0.1, -0.05) is 12.1 Å². The first-order chi connectivity index (χ1) is 10.3. The van der Waals surface area contributed by atoms with Gasteiger partial charge in [0.2, 0.25) is 0 Å². The maximum absolute atomic E-state index is 12.2. The van der Waals surface area contributed by atoms with Crippen molar-refractivity contribution < 1.29 is 9.53 Å². The van der Waals surface area contributed by atoms with Crippen LogP contribution in [-0.4, -0.2) is 36.2 Å². The minimum absolute atomic E-state index is 0.212. The summed E-state index contributed by atoms with van der Waals surface area (Å²) >= 11 is 0. The molecule has 1 aromatic rings. The van der Waals surface area contributed by atoms with Crippen LogP contribution < -0.4 is 11.1 Å². The number of rotatable bonds is 3. The van der Waals surface area contributed by atoms with Gasteiger partial charge in [0, 0.05) is 19.6 Å². The Balaban J connectivity index is 1.86. The van der Waals surface area contributed by atoms with Gasteiger partial charge in [0.15, 0.2) is 0 Å². The SMILES string of the molecule is CC(C)(C)OC(=O)N1CCC[C@H](CNc2ccccc2N)C1. The van der Waals surface area contributed by atoms with E-state index in [1.807, 2.05) is 49.9 Å². The van der Waals surface area contributed by atoms with E-state index in [4.69, 9.17) is 10.5 Å². The summed E-state index contributed by atoms with van der Waals surface area (Å²) in [6.07, 6.45) is 1.91. The number of anilines is 2. The van der Waals surface area contributed by atoms with E-state index >= 15 is 0 Å². The van der Waals surface area contributed by atoms with Crippen molar-refractivity contribution in [2.75, 3.05) is 30.7 Å². The topological polar surface area (TPSA) is 67.6 Å². The Labute approximate surface area is 132 Å².